The molecular weight excluding hydrogens is 528 g/mol. The number of halogens is 1. The van der Waals surface area contributed by atoms with Crippen molar-refractivity contribution in [1.82, 2.24) is 10.2 Å². The van der Waals surface area contributed by atoms with Crippen molar-refractivity contribution >= 4 is 27.7 Å². The van der Waals surface area contributed by atoms with Crippen molar-refractivity contribution in [3.8, 4) is 5.75 Å². The van der Waals surface area contributed by atoms with Gasteiger partial charge in [-0.25, -0.2) is 0 Å². The number of hydrogen-bond acceptors (Lipinski definition) is 3. The fourth-order valence-electron chi connectivity index (χ4n) is 4.14. The summed E-state index contributed by atoms with van der Waals surface area (Å²) in [6.45, 7) is 9.00. The molecule has 0 aromatic heterocycles. The molecule has 5 nitrogen and oxygen atoms in total. The van der Waals surface area contributed by atoms with Gasteiger partial charge in [0.25, 0.3) is 5.91 Å². The Balaban J connectivity index is 1.89. The number of hydrogen-bond donors (Lipinski definition) is 1. The van der Waals surface area contributed by atoms with Gasteiger partial charge in [-0.1, -0.05) is 87.0 Å². The third-order valence-corrected chi connectivity index (χ3v) is 6.85. The first-order valence-corrected chi connectivity index (χ1v) is 13.7. The highest BCUT2D eigenvalue weighted by molar-refractivity contribution is 9.10. The number of rotatable bonds is 12. The Morgan fingerprint density at radius 1 is 0.973 bits per heavy atom. The van der Waals surface area contributed by atoms with Crippen molar-refractivity contribution < 1.29 is 14.3 Å². The predicted octanol–water partition coefficient (Wildman–Crippen LogP) is 6.43. The molecule has 0 saturated heterocycles. The van der Waals surface area contributed by atoms with Crippen molar-refractivity contribution in [3.63, 3.8) is 0 Å². The molecule has 1 N–H and O–H groups in total. The standard InChI is InChI=1S/C31H37BrN2O3/c1-5-16-33-31(36)28(18-24-11-7-6-8-12-24)34(20-25-13-9-10-23(4)17-25)30(35)21-37-29-15-14-26(22(2)3)19-27(29)32/h6-15,17,19,22,28H,5,16,18,20-21H2,1-4H3,(H,33,36)/t28-/m1/s1. The van der Waals surface area contributed by atoms with E-state index in [0.29, 0.717) is 31.2 Å². The molecule has 2 amide bonds. The van der Waals surface area contributed by atoms with Gasteiger partial charge in [0, 0.05) is 19.5 Å². The molecule has 3 rings (SSSR count). The van der Waals surface area contributed by atoms with Crippen LogP contribution in [0.15, 0.2) is 77.3 Å². The molecule has 0 unspecified atom stereocenters. The lowest BCUT2D eigenvalue weighted by atomic mass is 10.0. The average Bonchev–Trinajstić information content (AvgIpc) is 2.89. The normalized spacial score (nSPS) is 11.7. The average molecular weight is 566 g/mol. The number of nitrogens with zero attached hydrogens (tertiary/aromatic N) is 1. The molecule has 0 heterocycles. The van der Waals surface area contributed by atoms with Crippen LogP contribution in [0.5, 0.6) is 5.75 Å². The van der Waals surface area contributed by atoms with E-state index in [1.165, 1.54) is 5.56 Å². The zero-order chi connectivity index (χ0) is 26.8. The summed E-state index contributed by atoms with van der Waals surface area (Å²) in [6, 6.07) is 23.1. The SMILES string of the molecule is CCCNC(=O)[C@@H](Cc1ccccc1)N(Cc1cccc(C)c1)C(=O)COc1ccc(C(C)C)cc1Br. The zero-order valence-electron chi connectivity index (χ0n) is 22.2. The van der Waals surface area contributed by atoms with Crippen molar-refractivity contribution in [2.24, 2.45) is 0 Å². The highest BCUT2D eigenvalue weighted by Gasteiger charge is 2.30. The summed E-state index contributed by atoms with van der Waals surface area (Å²) in [5.74, 6) is 0.587. The van der Waals surface area contributed by atoms with Crippen LogP contribution >= 0.6 is 15.9 Å². The third-order valence-electron chi connectivity index (χ3n) is 6.23. The molecule has 0 saturated carbocycles. The lowest BCUT2D eigenvalue weighted by Gasteiger charge is -2.31. The van der Waals surface area contributed by atoms with Crippen LogP contribution in [0.4, 0.5) is 0 Å². The van der Waals surface area contributed by atoms with Crippen LogP contribution in [0, 0.1) is 6.92 Å². The first-order valence-electron chi connectivity index (χ1n) is 12.9. The summed E-state index contributed by atoms with van der Waals surface area (Å²) < 4.78 is 6.77. The summed E-state index contributed by atoms with van der Waals surface area (Å²) in [5.41, 5.74) is 4.25. The van der Waals surface area contributed by atoms with Gasteiger partial charge in [0.05, 0.1) is 4.47 Å². The summed E-state index contributed by atoms with van der Waals surface area (Å²) in [5, 5.41) is 3.00. The van der Waals surface area contributed by atoms with E-state index in [4.69, 9.17) is 4.74 Å². The van der Waals surface area contributed by atoms with Gasteiger partial charge >= 0.3 is 0 Å². The van der Waals surface area contributed by atoms with E-state index >= 15 is 0 Å². The van der Waals surface area contributed by atoms with Crippen molar-refractivity contribution in [2.45, 2.75) is 59.0 Å². The summed E-state index contributed by atoms with van der Waals surface area (Å²) in [7, 11) is 0. The maximum absolute atomic E-state index is 13.7. The number of benzene rings is 3. The maximum atomic E-state index is 13.7. The summed E-state index contributed by atoms with van der Waals surface area (Å²) >= 11 is 3.58. The van der Waals surface area contributed by atoms with Crippen LogP contribution in [0.2, 0.25) is 0 Å². The number of carbonyl (C=O) groups is 2. The second-order valence-electron chi connectivity index (χ2n) is 9.64. The molecule has 3 aromatic carbocycles. The Labute approximate surface area is 229 Å². The van der Waals surface area contributed by atoms with Crippen LogP contribution in [0.1, 0.15) is 55.4 Å². The van der Waals surface area contributed by atoms with Gasteiger partial charge in [-0.15, -0.1) is 0 Å². The zero-order valence-corrected chi connectivity index (χ0v) is 23.8. The first-order chi connectivity index (χ1) is 17.8. The molecule has 0 aliphatic carbocycles. The number of ether oxygens (including phenoxy) is 1. The van der Waals surface area contributed by atoms with E-state index in [2.05, 4.69) is 35.1 Å². The van der Waals surface area contributed by atoms with Gasteiger partial charge in [0.15, 0.2) is 6.61 Å². The molecule has 0 bridgehead atoms. The minimum Gasteiger partial charge on any atom is -0.483 e. The number of aryl methyl sites for hydroxylation is 1. The van der Waals surface area contributed by atoms with E-state index in [-0.39, 0.29) is 18.4 Å². The molecule has 0 aliphatic heterocycles. The number of nitrogens with one attached hydrogen (secondary N) is 1. The van der Waals surface area contributed by atoms with Crippen LogP contribution < -0.4 is 10.1 Å². The van der Waals surface area contributed by atoms with E-state index < -0.39 is 6.04 Å². The van der Waals surface area contributed by atoms with Crippen molar-refractivity contribution in [1.29, 1.82) is 0 Å². The third kappa shape index (κ3) is 8.46. The number of amides is 2. The van der Waals surface area contributed by atoms with Crippen molar-refractivity contribution in [2.75, 3.05) is 13.2 Å². The minimum absolute atomic E-state index is 0.158. The summed E-state index contributed by atoms with van der Waals surface area (Å²) in [4.78, 5) is 28.7. The van der Waals surface area contributed by atoms with E-state index in [1.54, 1.807) is 4.90 Å². The van der Waals surface area contributed by atoms with E-state index in [1.807, 2.05) is 86.6 Å². The first kappa shape index (κ1) is 28.5. The molecular formula is C31H37BrN2O3. The molecule has 6 heteroatoms. The molecule has 0 radical (unpaired) electrons. The highest BCUT2D eigenvalue weighted by Crippen LogP contribution is 2.29. The van der Waals surface area contributed by atoms with E-state index in [0.717, 1.165) is 27.6 Å². The van der Waals surface area contributed by atoms with E-state index in [9.17, 15) is 9.59 Å². The van der Waals surface area contributed by atoms with Crippen molar-refractivity contribution in [3.05, 3.63) is 99.5 Å². The van der Waals surface area contributed by atoms with Gasteiger partial charge in [-0.3, -0.25) is 9.59 Å². The molecule has 0 aliphatic rings. The van der Waals surface area contributed by atoms with Gasteiger partial charge in [-0.05, 0) is 64.0 Å². The molecule has 0 fully saturated rings. The van der Waals surface area contributed by atoms with Gasteiger partial charge in [0.1, 0.15) is 11.8 Å². The monoisotopic (exact) mass is 564 g/mol. The fraction of sp³-hybridized carbons (Fsp3) is 0.355. The fourth-order valence-corrected chi connectivity index (χ4v) is 4.65. The molecule has 3 aromatic rings. The Bertz CT molecular complexity index is 1180. The second-order valence-corrected chi connectivity index (χ2v) is 10.5. The molecule has 37 heavy (non-hydrogen) atoms. The lowest BCUT2D eigenvalue weighted by Crippen LogP contribution is -2.51. The highest BCUT2D eigenvalue weighted by atomic mass is 79.9. The second kappa shape index (κ2) is 14.0. The number of carbonyl (C=O) groups excluding carboxylic acids is 2. The van der Waals surface area contributed by atoms with Crippen LogP contribution in [-0.4, -0.2) is 35.9 Å². The Kier molecular flexibility index (Phi) is 10.8. The molecule has 1 atom stereocenters. The van der Waals surface area contributed by atoms with Crippen LogP contribution in [0.25, 0.3) is 0 Å². The van der Waals surface area contributed by atoms with Crippen LogP contribution in [0.3, 0.4) is 0 Å². The van der Waals surface area contributed by atoms with Gasteiger partial charge in [-0.2, -0.15) is 0 Å². The Morgan fingerprint density at radius 3 is 2.35 bits per heavy atom. The smallest absolute Gasteiger partial charge is 0.261 e. The quantitative estimate of drug-likeness (QED) is 0.276. The Morgan fingerprint density at radius 2 is 1.70 bits per heavy atom. The summed E-state index contributed by atoms with van der Waals surface area (Å²) in [6.07, 6.45) is 1.24. The topological polar surface area (TPSA) is 58.6 Å². The predicted molar refractivity (Wildman–Crippen MR) is 153 cm³/mol. The molecule has 0 spiro atoms. The molecule has 196 valence electrons. The lowest BCUT2D eigenvalue weighted by molar-refractivity contribution is -0.142. The van der Waals surface area contributed by atoms with Crippen LogP contribution in [-0.2, 0) is 22.6 Å². The largest absolute Gasteiger partial charge is 0.483 e. The van der Waals surface area contributed by atoms with Gasteiger partial charge in [0.2, 0.25) is 5.91 Å². The minimum atomic E-state index is -0.669. The Hall–Kier alpha value is -3.12. The van der Waals surface area contributed by atoms with Gasteiger partial charge < -0.3 is 15.0 Å². The maximum Gasteiger partial charge on any atom is 0.261 e.